The summed E-state index contributed by atoms with van der Waals surface area (Å²) in [5.74, 6) is -0.152. The zero-order valence-electron chi connectivity index (χ0n) is 15.9. The lowest BCUT2D eigenvalue weighted by atomic mass is 9.82. The summed E-state index contributed by atoms with van der Waals surface area (Å²) in [6.45, 7) is 9.17. The van der Waals surface area contributed by atoms with Gasteiger partial charge in [-0.2, -0.15) is 13.0 Å². The minimum Gasteiger partial charge on any atom is -0.466 e. The maximum absolute atomic E-state index is 11.4. The number of fused-ring (bicyclic) bond motifs is 1. The predicted octanol–water partition coefficient (Wildman–Crippen LogP) is 3.45. The van der Waals surface area contributed by atoms with Gasteiger partial charge in [-0.15, -0.1) is 0 Å². The molecule has 1 aliphatic heterocycles. The molecule has 0 aliphatic carbocycles. The highest BCUT2D eigenvalue weighted by Gasteiger charge is 2.43. The summed E-state index contributed by atoms with van der Waals surface area (Å²) >= 11 is 0. The van der Waals surface area contributed by atoms with Crippen LogP contribution < -0.4 is 0 Å². The van der Waals surface area contributed by atoms with Gasteiger partial charge >= 0.3 is 5.97 Å². The van der Waals surface area contributed by atoms with E-state index in [2.05, 4.69) is 18.4 Å². The molecule has 1 heterocycles. The van der Waals surface area contributed by atoms with E-state index in [0.29, 0.717) is 13.0 Å². The van der Waals surface area contributed by atoms with Gasteiger partial charge in [-0.05, 0) is 45.7 Å². The van der Waals surface area contributed by atoms with Crippen molar-refractivity contribution in [3.8, 4) is 0 Å². The number of rotatable bonds is 8. The molecule has 0 aromatic heterocycles. The molecule has 0 amide bonds. The number of benzene rings is 1. The Morgan fingerprint density at radius 3 is 2.54 bits per heavy atom. The van der Waals surface area contributed by atoms with Crippen LogP contribution in [-0.4, -0.2) is 42.4 Å². The van der Waals surface area contributed by atoms with Gasteiger partial charge in [-0.25, -0.2) is 0 Å². The van der Waals surface area contributed by atoms with E-state index in [0.717, 1.165) is 42.8 Å². The highest BCUT2D eigenvalue weighted by Crippen LogP contribution is 2.40. The Hall–Kier alpha value is -1.73. The number of hydrogen-bond acceptors (Lipinski definition) is 4. The topological polar surface area (TPSA) is 83.7 Å². The molecule has 7 heteroatoms. The van der Waals surface area contributed by atoms with Gasteiger partial charge in [0.15, 0.2) is 5.71 Å². The number of ether oxygens (including phenoxy) is 1. The van der Waals surface area contributed by atoms with Gasteiger partial charge in [0.05, 0.1) is 16.9 Å². The monoisotopic (exact) mass is 382 g/mol. The van der Waals surface area contributed by atoms with E-state index < -0.39 is 10.1 Å². The Balaban J connectivity index is 2.09. The van der Waals surface area contributed by atoms with Crippen LogP contribution in [0.3, 0.4) is 0 Å². The molecule has 0 fully saturated rings. The summed E-state index contributed by atoms with van der Waals surface area (Å²) < 4.78 is 39.3. The molecule has 0 saturated carbocycles. The summed E-state index contributed by atoms with van der Waals surface area (Å²) in [4.78, 5) is 11.3. The van der Waals surface area contributed by atoms with Crippen LogP contribution in [0.25, 0.3) is 0 Å². The molecule has 0 unspecified atom stereocenters. The summed E-state index contributed by atoms with van der Waals surface area (Å²) in [6, 6.07) is 4.76. The predicted molar refractivity (Wildman–Crippen MR) is 99.9 cm³/mol. The van der Waals surface area contributed by atoms with Gasteiger partial charge in [0.25, 0.3) is 10.1 Å². The van der Waals surface area contributed by atoms with Crippen molar-refractivity contribution in [1.29, 1.82) is 0 Å². The maximum atomic E-state index is 11.4. The van der Waals surface area contributed by atoms with Crippen molar-refractivity contribution in [2.45, 2.75) is 63.7 Å². The van der Waals surface area contributed by atoms with Crippen molar-refractivity contribution in [2.75, 3.05) is 13.2 Å². The lowest BCUT2D eigenvalue weighted by Crippen LogP contribution is -2.26. The third-order valence-electron chi connectivity index (χ3n) is 5.11. The van der Waals surface area contributed by atoms with Crippen LogP contribution in [-0.2, 0) is 25.1 Å². The molecule has 1 aromatic carbocycles. The molecule has 0 spiro atoms. The zero-order chi connectivity index (χ0) is 19.5. The van der Waals surface area contributed by atoms with Crippen LogP contribution in [0.5, 0.6) is 0 Å². The van der Waals surface area contributed by atoms with Crippen LogP contribution in [0.2, 0.25) is 0 Å². The van der Waals surface area contributed by atoms with Crippen molar-refractivity contribution in [1.82, 2.24) is 0 Å². The molecule has 26 heavy (non-hydrogen) atoms. The van der Waals surface area contributed by atoms with Crippen molar-refractivity contribution in [3.63, 3.8) is 0 Å². The molecular formula is C19H28NO5S+. The molecule has 0 atom stereocenters. The van der Waals surface area contributed by atoms with E-state index in [1.807, 2.05) is 6.92 Å². The lowest BCUT2D eigenvalue weighted by Gasteiger charge is -2.15. The Kier molecular flexibility index (Phi) is 6.24. The average molecular weight is 383 g/mol. The normalized spacial score (nSPS) is 15.9. The first-order valence-electron chi connectivity index (χ1n) is 8.98. The van der Waals surface area contributed by atoms with E-state index in [1.165, 1.54) is 6.07 Å². The summed E-state index contributed by atoms with van der Waals surface area (Å²) in [5.41, 5.74) is 2.72. The molecule has 0 bridgehead atoms. The summed E-state index contributed by atoms with van der Waals surface area (Å²) in [5, 5.41) is 0. The fourth-order valence-corrected chi connectivity index (χ4v) is 3.87. The molecule has 6 nitrogen and oxygen atoms in total. The smallest absolute Gasteiger partial charge is 0.305 e. The maximum Gasteiger partial charge on any atom is 0.305 e. The van der Waals surface area contributed by atoms with Crippen LogP contribution in [0.4, 0.5) is 5.69 Å². The van der Waals surface area contributed by atoms with E-state index in [4.69, 9.17) is 4.74 Å². The minimum atomic E-state index is -4.22. The molecule has 1 aromatic rings. The number of nitrogens with zero attached hydrogens (tertiary/aromatic N) is 1. The molecule has 144 valence electrons. The fraction of sp³-hybridized carbons (Fsp3) is 0.579. The van der Waals surface area contributed by atoms with E-state index in [9.17, 15) is 17.8 Å². The number of carbonyl (C=O) groups is 1. The highest BCUT2D eigenvalue weighted by molar-refractivity contribution is 7.85. The van der Waals surface area contributed by atoms with E-state index >= 15 is 0 Å². The van der Waals surface area contributed by atoms with Gasteiger partial charge in [0.2, 0.25) is 5.69 Å². The van der Waals surface area contributed by atoms with E-state index in [-0.39, 0.29) is 16.3 Å². The second-order valence-electron chi connectivity index (χ2n) is 7.13. The number of unbranched alkanes of at least 4 members (excludes halogenated alkanes) is 2. The first-order chi connectivity index (χ1) is 12.1. The van der Waals surface area contributed by atoms with Gasteiger partial charge < -0.3 is 4.74 Å². The lowest BCUT2D eigenvalue weighted by molar-refractivity contribution is -0.439. The standard InChI is InChI=1S/C19H27NO5S/c1-5-25-18(21)9-7-6-8-12-20-14(2)19(3,4)16-13-15(26(22,23)24)10-11-17(16)20/h10-11,13H,5-9,12H2,1-4H3/p+1. The van der Waals surface area contributed by atoms with Crippen molar-refractivity contribution in [3.05, 3.63) is 23.8 Å². The number of esters is 1. The van der Waals surface area contributed by atoms with E-state index in [1.54, 1.807) is 19.1 Å². The number of carbonyl (C=O) groups excluding carboxylic acids is 1. The highest BCUT2D eigenvalue weighted by atomic mass is 32.2. The van der Waals surface area contributed by atoms with Crippen LogP contribution >= 0.6 is 0 Å². The average Bonchev–Trinajstić information content (AvgIpc) is 2.74. The molecule has 2 rings (SSSR count). The first kappa shape index (κ1) is 20.6. The quantitative estimate of drug-likeness (QED) is 0.322. The fourth-order valence-electron chi connectivity index (χ4n) is 3.36. The van der Waals surface area contributed by atoms with Crippen molar-refractivity contribution < 1.29 is 27.1 Å². The Morgan fingerprint density at radius 2 is 1.92 bits per heavy atom. The van der Waals surface area contributed by atoms with Gasteiger partial charge in [0.1, 0.15) is 6.54 Å². The molecule has 1 aliphatic rings. The largest absolute Gasteiger partial charge is 0.466 e. The SMILES string of the molecule is CCOC(=O)CCCCC[N+]1=C(C)C(C)(C)c2cc(S(=O)(=O)O)ccc21. The Bertz CT molecular complexity index is 824. The Labute approximate surface area is 155 Å². The molecule has 1 N–H and O–H groups in total. The summed E-state index contributed by atoms with van der Waals surface area (Å²) in [6.07, 6.45) is 3.08. The number of hydrogen-bond donors (Lipinski definition) is 1. The van der Waals surface area contributed by atoms with Crippen molar-refractivity contribution >= 4 is 27.5 Å². The van der Waals surface area contributed by atoms with Crippen LogP contribution in [0, 0.1) is 0 Å². The van der Waals surface area contributed by atoms with Gasteiger partial charge in [-0.3, -0.25) is 9.35 Å². The molecular weight excluding hydrogens is 354 g/mol. The van der Waals surface area contributed by atoms with Gasteiger partial charge in [-0.1, -0.05) is 0 Å². The van der Waals surface area contributed by atoms with Crippen LogP contribution in [0.1, 0.15) is 58.9 Å². The molecule has 0 radical (unpaired) electrons. The van der Waals surface area contributed by atoms with Crippen molar-refractivity contribution in [2.24, 2.45) is 0 Å². The van der Waals surface area contributed by atoms with Crippen LogP contribution in [0.15, 0.2) is 23.1 Å². The third-order valence-corrected chi connectivity index (χ3v) is 5.96. The summed E-state index contributed by atoms with van der Waals surface area (Å²) in [7, 11) is -4.22. The second-order valence-corrected chi connectivity index (χ2v) is 8.55. The first-order valence-corrected chi connectivity index (χ1v) is 10.4. The third kappa shape index (κ3) is 4.32. The second kappa shape index (κ2) is 7.88. The zero-order valence-corrected chi connectivity index (χ0v) is 16.7. The molecule has 0 saturated heterocycles. The Morgan fingerprint density at radius 1 is 1.23 bits per heavy atom. The van der Waals surface area contributed by atoms with Gasteiger partial charge in [0, 0.05) is 31.4 Å². The minimum absolute atomic E-state index is 0.0755.